The number of aromatic nitrogens is 3. The normalized spacial score (nSPS) is 10.3. The molecule has 0 spiro atoms. The van der Waals surface area contributed by atoms with Crippen LogP contribution >= 0.6 is 0 Å². The van der Waals surface area contributed by atoms with E-state index in [9.17, 15) is 0 Å². The van der Waals surface area contributed by atoms with Crippen LogP contribution in [0.1, 0.15) is 5.69 Å². The molecule has 1 N–H and O–H groups in total. The number of nitrogens with one attached hydrogen (secondary N) is 1. The van der Waals surface area contributed by atoms with Gasteiger partial charge in [0.2, 0.25) is 5.88 Å². The van der Waals surface area contributed by atoms with Crippen LogP contribution in [0.5, 0.6) is 11.6 Å². The number of nitrogens with zero attached hydrogens (tertiary/aromatic N) is 2. The van der Waals surface area contributed by atoms with Crippen molar-refractivity contribution in [1.29, 1.82) is 0 Å². The first-order valence-corrected chi connectivity index (χ1v) is 6.57. The number of hydrogen-bond acceptors (Lipinski definition) is 4. The maximum absolute atomic E-state index is 5.88. The van der Waals surface area contributed by atoms with Crippen LogP contribution in [0, 0.1) is 0 Å². The van der Waals surface area contributed by atoms with E-state index in [0.717, 1.165) is 22.6 Å². The van der Waals surface area contributed by atoms with E-state index in [1.807, 2.05) is 36.4 Å². The van der Waals surface area contributed by atoms with Crippen molar-refractivity contribution < 1.29 is 9.47 Å². The quantitative estimate of drug-likeness (QED) is 0.780. The Balaban J connectivity index is 1.92. The molecule has 0 bridgehead atoms. The molecule has 5 nitrogen and oxygen atoms in total. The summed E-state index contributed by atoms with van der Waals surface area (Å²) in [6, 6.07) is 11.7. The van der Waals surface area contributed by atoms with Crippen molar-refractivity contribution in [3.8, 4) is 22.8 Å². The van der Waals surface area contributed by atoms with Crippen LogP contribution in [0.15, 0.2) is 55.1 Å². The summed E-state index contributed by atoms with van der Waals surface area (Å²) in [7, 11) is 1.61. The molecule has 2 aromatic heterocycles. The van der Waals surface area contributed by atoms with Gasteiger partial charge in [0.25, 0.3) is 0 Å². The molecule has 0 unspecified atom stereocenters. The predicted octanol–water partition coefficient (Wildman–Crippen LogP) is 3.06. The number of benzene rings is 1. The Morgan fingerprint density at radius 3 is 2.76 bits per heavy atom. The third kappa shape index (κ3) is 2.86. The zero-order chi connectivity index (χ0) is 14.5. The average Bonchev–Trinajstić information content (AvgIpc) is 3.06. The molecular weight excluding hydrogens is 266 g/mol. The number of H-pyrrole nitrogens is 1. The lowest BCUT2D eigenvalue weighted by Gasteiger charge is -2.12. The molecule has 0 atom stereocenters. The van der Waals surface area contributed by atoms with Crippen molar-refractivity contribution in [2.45, 2.75) is 6.61 Å². The van der Waals surface area contributed by atoms with Gasteiger partial charge < -0.3 is 14.5 Å². The fourth-order valence-electron chi connectivity index (χ4n) is 2.09. The second-order valence-electron chi connectivity index (χ2n) is 4.42. The van der Waals surface area contributed by atoms with Gasteiger partial charge in [-0.05, 0) is 18.2 Å². The number of para-hydroxylation sites is 1. The minimum atomic E-state index is 0.430. The van der Waals surface area contributed by atoms with E-state index < -0.39 is 0 Å². The van der Waals surface area contributed by atoms with Crippen LogP contribution in [-0.2, 0) is 6.61 Å². The number of rotatable bonds is 5. The number of hydrogen-bond donors (Lipinski definition) is 1. The highest BCUT2D eigenvalue weighted by molar-refractivity contribution is 5.74. The fraction of sp³-hybridized carbons (Fsp3) is 0.125. The van der Waals surface area contributed by atoms with Gasteiger partial charge in [0.1, 0.15) is 12.4 Å². The third-order valence-corrected chi connectivity index (χ3v) is 3.08. The Morgan fingerprint density at radius 1 is 1.10 bits per heavy atom. The van der Waals surface area contributed by atoms with Crippen molar-refractivity contribution in [3.63, 3.8) is 0 Å². The lowest BCUT2D eigenvalue weighted by atomic mass is 10.1. The summed E-state index contributed by atoms with van der Waals surface area (Å²) in [6.45, 7) is 0.430. The number of pyridine rings is 1. The van der Waals surface area contributed by atoms with Gasteiger partial charge in [-0.15, -0.1) is 0 Å². The van der Waals surface area contributed by atoms with Gasteiger partial charge in [0, 0.05) is 17.3 Å². The highest BCUT2D eigenvalue weighted by Gasteiger charge is 2.11. The summed E-state index contributed by atoms with van der Waals surface area (Å²) in [5.74, 6) is 1.36. The lowest BCUT2D eigenvalue weighted by Crippen LogP contribution is -1.98. The third-order valence-electron chi connectivity index (χ3n) is 3.08. The molecule has 3 aromatic rings. The Morgan fingerprint density at radius 2 is 1.95 bits per heavy atom. The van der Waals surface area contributed by atoms with Gasteiger partial charge in [-0.3, -0.25) is 0 Å². The highest BCUT2D eigenvalue weighted by Crippen LogP contribution is 2.34. The van der Waals surface area contributed by atoms with Crippen LogP contribution in [0.25, 0.3) is 11.1 Å². The van der Waals surface area contributed by atoms with Crippen LogP contribution in [-0.4, -0.2) is 22.1 Å². The van der Waals surface area contributed by atoms with Gasteiger partial charge in [0.05, 0.1) is 25.3 Å². The zero-order valence-corrected chi connectivity index (χ0v) is 11.6. The molecule has 5 heteroatoms. The molecule has 0 aliphatic rings. The summed E-state index contributed by atoms with van der Waals surface area (Å²) in [5, 5.41) is 0. The minimum Gasteiger partial charge on any atom is -0.487 e. The van der Waals surface area contributed by atoms with Gasteiger partial charge >= 0.3 is 0 Å². The molecule has 0 saturated carbocycles. The van der Waals surface area contributed by atoms with E-state index in [1.54, 1.807) is 25.8 Å². The molecule has 21 heavy (non-hydrogen) atoms. The number of methoxy groups -OCH3 is 1. The average molecular weight is 281 g/mol. The first-order valence-electron chi connectivity index (χ1n) is 6.57. The molecule has 3 rings (SSSR count). The molecule has 0 aliphatic carbocycles. The Labute approximate surface area is 122 Å². The molecule has 0 radical (unpaired) electrons. The topological polar surface area (TPSA) is 60.0 Å². The first-order chi connectivity index (χ1) is 10.4. The smallest absolute Gasteiger partial charge is 0.221 e. The van der Waals surface area contributed by atoms with Crippen molar-refractivity contribution >= 4 is 0 Å². The van der Waals surface area contributed by atoms with Crippen LogP contribution in [0.4, 0.5) is 0 Å². The predicted molar refractivity (Wildman–Crippen MR) is 79.1 cm³/mol. The van der Waals surface area contributed by atoms with Gasteiger partial charge in [-0.25, -0.2) is 9.97 Å². The van der Waals surface area contributed by atoms with E-state index in [-0.39, 0.29) is 0 Å². The number of ether oxygens (including phenoxy) is 2. The number of aromatic amines is 1. The molecule has 0 fully saturated rings. The zero-order valence-electron chi connectivity index (χ0n) is 11.6. The Bertz CT molecular complexity index is 711. The first kappa shape index (κ1) is 13.2. The second kappa shape index (κ2) is 6.09. The van der Waals surface area contributed by atoms with Crippen molar-refractivity contribution in [3.05, 3.63) is 60.8 Å². The molecule has 106 valence electrons. The van der Waals surface area contributed by atoms with Crippen molar-refractivity contribution in [2.75, 3.05) is 7.11 Å². The van der Waals surface area contributed by atoms with E-state index in [1.165, 1.54) is 0 Å². The monoisotopic (exact) mass is 281 g/mol. The fourth-order valence-corrected chi connectivity index (χ4v) is 2.09. The summed E-state index contributed by atoms with van der Waals surface area (Å²) in [6.07, 6.45) is 5.08. The van der Waals surface area contributed by atoms with E-state index in [4.69, 9.17) is 9.47 Å². The van der Waals surface area contributed by atoms with Gasteiger partial charge in [0.15, 0.2) is 0 Å². The lowest BCUT2D eigenvalue weighted by molar-refractivity contribution is 0.303. The van der Waals surface area contributed by atoms with Crippen LogP contribution in [0.2, 0.25) is 0 Å². The molecule has 0 amide bonds. The molecular formula is C16H15N3O2. The van der Waals surface area contributed by atoms with Gasteiger partial charge in [-0.1, -0.05) is 18.2 Å². The van der Waals surface area contributed by atoms with Crippen LogP contribution < -0.4 is 9.47 Å². The molecule has 0 saturated heterocycles. The van der Waals surface area contributed by atoms with E-state index in [2.05, 4.69) is 15.0 Å². The summed E-state index contributed by atoms with van der Waals surface area (Å²) in [4.78, 5) is 11.2. The second-order valence-corrected chi connectivity index (χ2v) is 4.42. The van der Waals surface area contributed by atoms with Gasteiger partial charge in [-0.2, -0.15) is 0 Å². The van der Waals surface area contributed by atoms with Crippen molar-refractivity contribution in [2.24, 2.45) is 0 Å². The van der Waals surface area contributed by atoms with Crippen LogP contribution in [0.3, 0.4) is 0 Å². The highest BCUT2D eigenvalue weighted by atomic mass is 16.5. The van der Waals surface area contributed by atoms with E-state index in [0.29, 0.717) is 12.5 Å². The standard InChI is InChI=1S/C16H15N3O2/c1-20-16-14(6-4-8-18-16)13-5-2-3-7-15(13)21-10-12-9-17-11-19-12/h2-9,11H,10H2,1H3,(H,17,19). The maximum Gasteiger partial charge on any atom is 0.221 e. The Hall–Kier alpha value is -2.82. The summed E-state index contributed by atoms with van der Waals surface area (Å²) in [5.41, 5.74) is 2.77. The van der Waals surface area contributed by atoms with E-state index >= 15 is 0 Å². The maximum atomic E-state index is 5.88. The van der Waals surface area contributed by atoms with Crippen molar-refractivity contribution in [1.82, 2.24) is 15.0 Å². The Kier molecular flexibility index (Phi) is 3.82. The molecule has 0 aliphatic heterocycles. The minimum absolute atomic E-state index is 0.430. The largest absolute Gasteiger partial charge is 0.487 e. The number of imidazole rings is 1. The SMILES string of the molecule is COc1ncccc1-c1ccccc1OCc1cnc[nH]1. The molecule has 2 heterocycles. The molecule has 1 aromatic carbocycles. The summed E-state index contributed by atoms with van der Waals surface area (Å²) >= 11 is 0. The summed E-state index contributed by atoms with van der Waals surface area (Å²) < 4.78 is 11.2.